The molecule has 165 valence electrons. The van der Waals surface area contributed by atoms with Crippen LogP contribution in [0.15, 0.2) is 64.6 Å². The van der Waals surface area contributed by atoms with Gasteiger partial charge in [-0.15, -0.1) is 0 Å². The Morgan fingerprint density at radius 1 is 0.710 bits per heavy atom. The Morgan fingerprint density at radius 3 is 1.45 bits per heavy atom. The summed E-state index contributed by atoms with van der Waals surface area (Å²) in [7, 11) is 9.47. The summed E-state index contributed by atoms with van der Waals surface area (Å²) in [5.41, 5.74) is 10.3. The predicted molar refractivity (Wildman–Crippen MR) is 132 cm³/mol. The second-order valence-corrected chi connectivity index (χ2v) is 9.15. The van der Waals surface area contributed by atoms with Crippen LogP contribution in [-0.2, 0) is 12.9 Å². The van der Waals surface area contributed by atoms with Gasteiger partial charge in [-0.2, -0.15) is 0 Å². The molecule has 0 saturated heterocycles. The molecule has 0 fully saturated rings. The van der Waals surface area contributed by atoms with E-state index in [1.54, 1.807) is 0 Å². The van der Waals surface area contributed by atoms with Gasteiger partial charge in [0.05, 0.1) is 34.2 Å². The molecule has 3 nitrogen and oxygen atoms in total. The topological polar surface area (TPSA) is 37.6 Å². The average molecular weight is 499 g/mol. The molecular weight excluding hydrogens is 472 g/mol. The van der Waals surface area contributed by atoms with E-state index in [0.717, 1.165) is 34.2 Å². The molecule has 0 aliphatic heterocycles. The Bertz CT molecular complexity index is 1020. The zero-order chi connectivity index (χ0) is 23.0. The van der Waals surface area contributed by atoms with Crippen molar-refractivity contribution in [3.05, 3.63) is 88.2 Å². The van der Waals surface area contributed by atoms with Gasteiger partial charge in [0.25, 0.3) is 0 Å². The van der Waals surface area contributed by atoms with E-state index in [1.165, 1.54) is 22.3 Å². The van der Waals surface area contributed by atoms with Gasteiger partial charge in [-0.3, -0.25) is 9.98 Å². The van der Waals surface area contributed by atoms with E-state index in [0.29, 0.717) is 12.9 Å². The van der Waals surface area contributed by atoms with Crippen LogP contribution in [0.4, 0.5) is 11.4 Å². The van der Waals surface area contributed by atoms with Crippen LogP contribution < -0.4 is 0 Å². The standard InChI is InChI=1S/C25H27N3.2ClH.Co/c1-16-10-12-22(18(3)14-16)26-20(5)24-8-7-9-25(28-24)21(6)27-23-13-11-17(2)15-19(23)4;;;/h7-15H,1-6H3;2*1H;/q;;;+2/p-2. The minimum atomic E-state index is 0.382. The van der Waals surface area contributed by atoms with E-state index in [9.17, 15) is 0 Å². The molecule has 1 aromatic heterocycles. The Labute approximate surface area is 200 Å². The summed E-state index contributed by atoms with van der Waals surface area (Å²) in [6.45, 7) is 12.4. The Morgan fingerprint density at radius 2 is 1.10 bits per heavy atom. The van der Waals surface area contributed by atoms with Crippen molar-refractivity contribution in [1.82, 2.24) is 4.98 Å². The first-order chi connectivity index (χ1) is 14.7. The number of aromatic nitrogens is 1. The number of pyridine rings is 1. The van der Waals surface area contributed by atoms with Gasteiger partial charge < -0.3 is 0 Å². The van der Waals surface area contributed by atoms with Crippen LogP contribution in [0, 0.1) is 27.7 Å². The first-order valence-corrected chi connectivity index (χ1v) is 12.7. The number of aliphatic imine (C=N–C) groups is 2. The molecular formula is C25H27Cl2CoN3. The van der Waals surface area contributed by atoms with Crippen LogP contribution >= 0.6 is 20.3 Å². The average Bonchev–Trinajstić information content (AvgIpc) is 2.72. The number of halogens is 2. The van der Waals surface area contributed by atoms with Crippen LogP contribution in [0.1, 0.15) is 47.5 Å². The van der Waals surface area contributed by atoms with Gasteiger partial charge in [0.15, 0.2) is 0 Å². The van der Waals surface area contributed by atoms with Gasteiger partial charge in [-0.25, -0.2) is 4.98 Å². The van der Waals surface area contributed by atoms with E-state index in [4.69, 9.17) is 35.3 Å². The maximum atomic E-state index is 4.80. The van der Waals surface area contributed by atoms with Gasteiger partial charge in [-0.1, -0.05) is 41.5 Å². The summed E-state index contributed by atoms with van der Waals surface area (Å²) in [5.74, 6) is 0. The summed E-state index contributed by atoms with van der Waals surface area (Å²) in [5, 5.41) is 0. The molecule has 0 aliphatic carbocycles. The first-order valence-electron chi connectivity index (χ1n) is 9.81. The third-order valence-corrected chi connectivity index (χ3v) is 4.77. The van der Waals surface area contributed by atoms with Crippen LogP contribution in [0.5, 0.6) is 0 Å². The fraction of sp³-hybridized carbons (Fsp3) is 0.240. The number of hydrogen-bond donors (Lipinski definition) is 0. The third kappa shape index (κ3) is 7.58. The Hall–Kier alpha value is -1.98. The summed E-state index contributed by atoms with van der Waals surface area (Å²) < 4.78 is 0. The Balaban J connectivity index is 0.00000107. The van der Waals surface area contributed by atoms with Gasteiger partial charge in [0.1, 0.15) is 0 Å². The van der Waals surface area contributed by atoms with Crippen molar-refractivity contribution in [1.29, 1.82) is 0 Å². The SMILES string of the molecule is CC(=Nc1ccc(C)cc1C)c1cccc(C(C)=Nc2ccc(C)cc2C)n1.[Cl][Co][Cl]. The molecule has 0 saturated carbocycles. The fourth-order valence-corrected chi connectivity index (χ4v) is 3.18. The van der Waals surface area contributed by atoms with Crippen molar-refractivity contribution in [3.8, 4) is 0 Å². The molecule has 0 bridgehead atoms. The van der Waals surface area contributed by atoms with Crippen molar-refractivity contribution in [2.75, 3.05) is 0 Å². The zero-order valence-corrected chi connectivity index (χ0v) is 21.2. The molecule has 3 aromatic rings. The number of aryl methyl sites for hydroxylation is 4. The molecule has 0 spiro atoms. The van der Waals surface area contributed by atoms with E-state index >= 15 is 0 Å². The molecule has 0 N–H and O–H groups in total. The number of hydrogen-bond acceptors (Lipinski definition) is 3. The van der Waals surface area contributed by atoms with Crippen molar-refractivity contribution in [2.24, 2.45) is 9.98 Å². The molecule has 3 rings (SSSR count). The van der Waals surface area contributed by atoms with Crippen molar-refractivity contribution >= 4 is 43.1 Å². The van der Waals surface area contributed by atoms with E-state index in [-0.39, 0.29) is 0 Å². The summed E-state index contributed by atoms with van der Waals surface area (Å²) in [6, 6.07) is 18.6. The van der Waals surface area contributed by atoms with Crippen LogP contribution in [0.3, 0.4) is 0 Å². The predicted octanol–water partition coefficient (Wildman–Crippen LogP) is 7.97. The molecule has 6 heteroatoms. The number of nitrogens with zero attached hydrogens (tertiary/aromatic N) is 3. The van der Waals surface area contributed by atoms with Crippen LogP contribution in [0.25, 0.3) is 0 Å². The van der Waals surface area contributed by atoms with E-state index < -0.39 is 0 Å². The molecule has 0 atom stereocenters. The fourth-order valence-electron chi connectivity index (χ4n) is 3.18. The molecule has 31 heavy (non-hydrogen) atoms. The van der Waals surface area contributed by atoms with Gasteiger partial charge >= 0.3 is 33.2 Å². The molecule has 0 aliphatic rings. The minimum absolute atomic E-state index is 0.382. The molecule has 0 unspecified atom stereocenters. The maximum absolute atomic E-state index is 4.80. The molecule has 2 aromatic carbocycles. The van der Waals surface area contributed by atoms with Crippen LogP contribution in [-0.4, -0.2) is 16.4 Å². The van der Waals surface area contributed by atoms with Crippen molar-refractivity contribution in [2.45, 2.75) is 41.5 Å². The summed E-state index contributed by atoms with van der Waals surface area (Å²) in [4.78, 5) is 14.4. The van der Waals surface area contributed by atoms with E-state index in [1.807, 2.05) is 32.0 Å². The summed E-state index contributed by atoms with van der Waals surface area (Å²) >= 11 is 0.382. The van der Waals surface area contributed by atoms with Crippen LogP contribution in [0.2, 0.25) is 0 Å². The van der Waals surface area contributed by atoms with Crippen molar-refractivity contribution in [3.63, 3.8) is 0 Å². The molecule has 0 radical (unpaired) electrons. The summed E-state index contributed by atoms with van der Waals surface area (Å²) in [6.07, 6.45) is 0. The zero-order valence-electron chi connectivity index (χ0n) is 18.6. The van der Waals surface area contributed by atoms with E-state index in [2.05, 4.69) is 64.1 Å². The third-order valence-electron chi connectivity index (χ3n) is 4.77. The second kappa shape index (κ2) is 12.2. The van der Waals surface area contributed by atoms with Gasteiger partial charge in [0.2, 0.25) is 0 Å². The normalized spacial score (nSPS) is 11.9. The number of rotatable bonds is 4. The quantitative estimate of drug-likeness (QED) is 0.336. The Kier molecular flexibility index (Phi) is 9.91. The monoisotopic (exact) mass is 498 g/mol. The number of benzene rings is 2. The second-order valence-electron chi connectivity index (χ2n) is 7.43. The first kappa shape index (κ1) is 25.3. The van der Waals surface area contributed by atoms with Gasteiger partial charge in [0, 0.05) is 0 Å². The molecule has 0 amide bonds. The van der Waals surface area contributed by atoms with Gasteiger partial charge in [-0.05, 0) is 76.9 Å². The van der Waals surface area contributed by atoms with Crippen molar-refractivity contribution < 1.29 is 12.9 Å². The molecule has 1 heterocycles.